The van der Waals surface area contributed by atoms with Crippen LogP contribution in [0.1, 0.15) is 36.6 Å². The van der Waals surface area contributed by atoms with Crippen molar-refractivity contribution in [2.45, 2.75) is 38.3 Å². The van der Waals surface area contributed by atoms with E-state index in [-0.39, 0.29) is 10.8 Å². The number of piperidine rings is 1. The Morgan fingerprint density at radius 1 is 1.41 bits per heavy atom. The first kappa shape index (κ1) is 18.2. The Labute approximate surface area is 165 Å². The van der Waals surface area contributed by atoms with Gasteiger partial charge in [-0.3, -0.25) is 0 Å². The number of aliphatic hydroxyl groups excluding tert-OH is 1. The summed E-state index contributed by atoms with van der Waals surface area (Å²) in [6, 6.07) is 4.07. The van der Waals surface area contributed by atoms with Crippen LogP contribution >= 0.6 is 0 Å². The van der Waals surface area contributed by atoms with Crippen LogP contribution in [0.4, 0.5) is 10.6 Å². The van der Waals surface area contributed by atoms with Gasteiger partial charge in [0.2, 0.25) is 0 Å². The van der Waals surface area contributed by atoms with Gasteiger partial charge >= 0.3 is 0 Å². The number of aryl methyl sites for hydroxylation is 1. The van der Waals surface area contributed by atoms with E-state index in [1.807, 2.05) is 29.0 Å². The highest BCUT2D eigenvalue weighted by molar-refractivity contribution is 6.56. The lowest BCUT2D eigenvalue weighted by molar-refractivity contribution is 0.170. The Morgan fingerprint density at radius 3 is 2.93 bits per heavy atom. The quantitative estimate of drug-likeness (QED) is 0.786. The standard InChI is InChI=1S/C18H21N6O2.Al/c1-12-8-24-17(20-18(12)23-9-13(7-19)16(26)10-23)6-14(21-24)15-4-2-3-5-22(15)11-25;/h6,8,13,15-16,26H,2-5,9-10H2,1H3;/t13-,15+,16-;/m1./s1. The number of β-amino-alcohol motifs (C(OH)–C–C–N with tert-alkyl or cyclic N) is 1. The number of hydrogen-bond acceptors (Lipinski definition) is 6. The predicted octanol–water partition coefficient (Wildman–Crippen LogP) is 1.17. The molecule has 0 aliphatic carbocycles. The van der Waals surface area contributed by atoms with Crippen molar-refractivity contribution < 1.29 is 9.90 Å². The van der Waals surface area contributed by atoms with Crippen molar-refractivity contribution in [2.75, 3.05) is 24.5 Å². The summed E-state index contributed by atoms with van der Waals surface area (Å²) in [5, 5.41) is 23.9. The molecule has 0 aromatic carbocycles. The Hall–Kier alpha value is -2.13. The average molecular weight is 380 g/mol. The zero-order valence-corrected chi connectivity index (χ0v) is 16.4. The molecule has 8 nitrogen and oxygen atoms in total. The maximum atomic E-state index is 12.0. The molecule has 3 atom stereocenters. The Morgan fingerprint density at radius 2 is 2.22 bits per heavy atom. The summed E-state index contributed by atoms with van der Waals surface area (Å²) in [5.74, 6) is 0.375. The number of rotatable bonds is 2. The van der Waals surface area contributed by atoms with E-state index in [2.05, 4.69) is 27.5 Å². The summed E-state index contributed by atoms with van der Waals surface area (Å²) >= 11 is 2.26. The minimum atomic E-state index is -0.656. The van der Waals surface area contributed by atoms with Gasteiger partial charge in [0.05, 0.1) is 34.6 Å². The largest absolute Gasteiger partial charge is 0.390 e. The highest BCUT2D eigenvalue weighted by Crippen LogP contribution is 2.31. The van der Waals surface area contributed by atoms with E-state index >= 15 is 0 Å². The lowest BCUT2D eigenvalue weighted by Gasteiger charge is -2.35. The number of hydrogen-bond donors (Lipinski definition) is 1. The molecule has 1 amide bonds. The smallest absolute Gasteiger partial charge is 0.281 e. The molecule has 4 heterocycles. The molecule has 0 saturated carbocycles. The third kappa shape index (κ3) is 3.30. The van der Waals surface area contributed by atoms with Crippen molar-refractivity contribution in [3.8, 4) is 6.07 Å². The van der Waals surface area contributed by atoms with Crippen molar-refractivity contribution in [2.24, 2.45) is 5.92 Å². The van der Waals surface area contributed by atoms with E-state index in [1.165, 1.54) is 0 Å². The van der Waals surface area contributed by atoms with Gasteiger partial charge in [0, 0.05) is 37.5 Å². The Balaban J connectivity index is 1.67. The van der Waals surface area contributed by atoms with Crippen LogP contribution in [0, 0.1) is 24.2 Å². The summed E-state index contributed by atoms with van der Waals surface area (Å²) in [6.07, 6.45) is 4.26. The van der Waals surface area contributed by atoms with Crippen LogP contribution in [0.25, 0.3) is 5.65 Å². The molecule has 2 aromatic rings. The van der Waals surface area contributed by atoms with Crippen LogP contribution in [-0.2, 0) is 0 Å². The zero-order valence-electron chi connectivity index (χ0n) is 15.2. The highest BCUT2D eigenvalue weighted by atomic mass is 27.0. The summed E-state index contributed by atoms with van der Waals surface area (Å²) in [7, 11) is 0. The molecule has 138 valence electrons. The van der Waals surface area contributed by atoms with Gasteiger partial charge in [-0.1, -0.05) is 0 Å². The molecule has 1 N–H and O–H groups in total. The van der Waals surface area contributed by atoms with Gasteiger partial charge in [-0.15, -0.1) is 0 Å². The maximum Gasteiger partial charge on any atom is 0.281 e. The Bertz CT molecular complexity index is 922. The second-order valence-electron chi connectivity index (χ2n) is 7.37. The van der Waals surface area contributed by atoms with Crippen molar-refractivity contribution in [3.05, 3.63) is 23.5 Å². The van der Waals surface area contributed by atoms with E-state index in [4.69, 9.17) is 10.2 Å². The molecule has 2 aromatic heterocycles. The molecule has 27 heavy (non-hydrogen) atoms. The fourth-order valence-electron chi connectivity index (χ4n) is 4.09. The fraction of sp³-hybridized carbons (Fsp3) is 0.556. The van der Waals surface area contributed by atoms with Crippen LogP contribution in [0.5, 0.6) is 0 Å². The summed E-state index contributed by atoms with van der Waals surface area (Å²) in [4.78, 5) is 20.5. The topological polar surface area (TPSA) is 97.8 Å². The van der Waals surface area contributed by atoms with Crippen LogP contribution in [0.2, 0.25) is 0 Å². The number of fused-ring (bicyclic) bond motifs is 1. The number of anilines is 1. The number of nitrogens with zero attached hydrogens (tertiary/aromatic N) is 6. The lowest BCUT2D eigenvalue weighted by atomic mass is 10.0. The first-order valence-corrected chi connectivity index (χ1v) is 9.81. The van der Waals surface area contributed by atoms with Crippen molar-refractivity contribution in [1.82, 2.24) is 19.5 Å². The van der Waals surface area contributed by atoms with Crippen LogP contribution in [0.3, 0.4) is 0 Å². The number of nitriles is 1. The molecule has 0 bridgehead atoms. The molecule has 2 radical (unpaired) electrons. The molecule has 0 unspecified atom stereocenters. The second-order valence-corrected chi connectivity index (χ2v) is 7.86. The summed E-state index contributed by atoms with van der Waals surface area (Å²) < 4.78 is 1.75. The van der Waals surface area contributed by atoms with Crippen LogP contribution in [0.15, 0.2) is 12.3 Å². The zero-order chi connectivity index (χ0) is 19.1. The van der Waals surface area contributed by atoms with Gasteiger partial charge < -0.3 is 19.7 Å². The van der Waals surface area contributed by atoms with Crippen molar-refractivity contribution in [1.29, 1.82) is 5.26 Å². The van der Waals surface area contributed by atoms with Gasteiger partial charge in [0.15, 0.2) is 5.65 Å². The van der Waals surface area contributed by atoms with Crippen LogP contribution < -0.4 is 4.90 Å². The van der Waals surface area contributed by atoms with Gasteiger partial charge in [0.1, 0.15) is 5.82 Å². The summed E-state index contributed by atoms with van der Waals surface area (Å²) in [5.41, 5.74) is 2.50. The van der Waals surface area contributed by atoms with Crippen molar-refractivity contribution >= 4 is 32.5 Å². The molecule has 2 aliphatic rings. The Kier molecular flexibility index (Phi) is 4.81. The molecule has 2 fully saturated rings. The van der Waals surface area contributed by atoms with Gasteiger partial charge in [-0.25, -0.2) is 9.50 Å². The van der Waals surface area contributed by atoms with Gasteiger partial charge in [-0.2, -0.15) is 10.4 Å². The molecular formula is C18H21AlN6O2. The first-order chi connectivity index (χ1) is 13.0. The molecule has 2 saturated heterocycles. The number of carbonyl (C=O) groups excluding carboxylic acids is 1. The van der Waals surface area contributed by atoms with E-state index in [9.17, 15) is 9.90 Å². The number of aliphatic hydroxyl groups is 1. The highest BCUT2D eigenvalue weighted by Gasteiger charge is 2.33. The van der Waals surface area contributed by atoms with E-state index in [0.717, 1.165) is 42.9 Å². The number of carbonyl (C=O) groups is 1. The number of amides is 1. The SMILES string of the molecule is Cc1cn2nc([C@@H]3CCCCN3[C](=O)[Al])cc2nc1N1C[C@@H](O)[C@H](C#N)C1. The average Bonchev–Trinajstić information content (AvgIpc) is 3.23. The molecule has 0 spiro atoms. The lowest BCUT2D eigenvalue weighted by Crippen LogP contribution is -2.37. The number of likely N-dealkylation sites (tertiary alicyclic amines) is 1. The summed E-state index contributed by atoms with van der Waals surface area (Å²) in [6.45, 7) is 3.58. The van der Waals surface area contributed by atoms with Gasteiger partial charge in [-0.05, 0) is 26.2 Å². The minimum Gasteiger partial charge on any atom is -0.390 e. The third-order valence-electron chi connectivity index (χ3n) is 5.51. The fourth-order valence-corrected chi connectivity index (χ4v) is 4.40. The third-order valence-corrected chi connectivity index (χ3v) is 5.84. The maximum absolute atomic E-state index is 12.0. The van der Waals surface area contributed by atoms with E-state index < -0.39 is 12.0 Å². The number of aromatic nitrogens is 3. The van der Waals surface area contributed by atoms with E-state index in [1.54, 1.807) is 4.52 Å². The van der Waals surface area contributed by atoms with Crippen molar-refractivity contribution in [3.63, 3.8) is 0 Å². The van der Waals surface area contributed by atoms with Crippen LogP contribution in [-0.4, -0.2) is 71.4 Å². The first-order valence-electron chi connectivity index (χ1n) is 9.23. The molecule has 4 rings (SSSR count). The van der Waals surface area contributed by atoms with E-state index in [0.29, 0.717) is 18.7 Å². The molecular weight excluding hydrogens is 359 g/mol. The second kappa shape index (κ2) is 7.12. The van der Waals surface area contributed by atoms with Gasteiger partial charge in [0.25, 0.3) is 16.3 Å². The normalized spacial score (nSPS) is 25.7. The molecule has 2 aliphatic heterocycles. The minimum absolute atomic E-state index is 0.00446. The monoisotopic (exact) mass is 380 g/mol. The molecule has 9 heteroatoms. The predicted molar refractivity (Wildman–Crippen MR) is 99.5 cm³/mol.